The van der Waals surface area contributed by atoms with Gasteiger partial charge in [0.2, 0.25) is 0 Å². The van der Waals surface area contributed by atoms with E-state index >= 15 is 0 Å². The van der Waals surface area contributed by atoms with Crippen LogP contribution >= 0.6 is 0 Å². The number of nitrogens with one attached hydrogen (secondary N) is 1. The normalized spacial score (nSPS) is 9.75. The second-order valence-electron chi connectivity index (χ2n) is 4.18. The van der Waals surface area contributed by atoms with Crippen molar-refractivity contribution in [1.82, 2.24) is 14.8 Å². The summed E-state index contributed by atoms with van der Waals surface area (Å²) >= 11 is 0. The maximum absolute atomic E-state index is 12.1. The minimum atomic E-state index is -0.277. The Bertz CT molecular complexity index is 695. The molecule has 0 radical (unpaired) electrons. The van der Waals surface area contributed by atoms with Crippen LogP contribution in [0.4, 0.5) is 5.69 Å². The molecule has 0 bridgehead atoms. The Balaban J connectivity index is 2.19. The van der Waals surface area contributed by atoms with Gasteiger partial charge < -0.3 is 10.4 Å². The zero-order valence-electron chi connectivity index (χ0n) is 11.2. The van der Waals surface area contributed by atoms with E-state index in [9.17, 15) is 4.79 Å². The monoisotopic (exact) mass is 270 g/mol. The van der Waals surface area contributed by atoms with E-state index in [1.807, 2.05) is 6.92 Å². The number of nitrogens with zero attached hydrogens (tertiary/aromatic N) is 3. The Hall–Kier alpha value is -2.65. The molecule has 6 heteroatoms. The van der Waals surface area contributed by atoms with Crippen LogP contribution in [-0.4, -0.2) is 32.4 Å². The highest BCUT2D eigenvalue weighted by Crippen LogP contribution is 2.13. The van der Waals surface area contributed by atoms with Gasteiger partial charge in [0.05, 0.1) is 16.9 Å². The summed E-state index contributed by atoms with van der Waals surface area (Å²) in [5.41, 5.74) is 2.38. The molecule has 0 aliphatic heterocycles. The molecule has 2 aromatic rings. The quantitative estimate of drug-likeness (QED) is 0.788. The molecule has 2 rings (SSSR count). The number of rotatable bonds is 2. The lowest BCUT2D eigenvalue weighted by Gasteiger charge is -2.03. The van der Waals surface area contributed by atoms with Crippen LogP contribution in [-0.2, 0) is 7.05 Å². The molecule has 0 aromatic carbocycles. The van der Waals surface area contributed by atoms with Crippen LogP contribution in [0, 0.1) is 18.8 Å². The van der Waals surface area contributed by atoms with Gasteiger partial charge in [0.15, 0.2) is 0 Å². The summed E-state index contributed by atoms with van der Waals surface area (Å²) in [6.45, 7) is 1.59. The molecule has 0 atom stereocenters. The van der Waals surface area contributed by atoms with Gasteiger partial charge >= 0.3 is 0 Å². The third-order valence-corrected chi connectivity index (χ3v) is 2.57. The number of carbonyl (C=O) groups excluding carboxylic acids is 1. The number of anilines is 1. The third-order valence-electron chi connectivity index (χ3n) is 2.57. The van der Waals surface area contributed by atoms with Crippen molar-refractivity contribution in [2.45, 2.75) is 6.92 Å². The Morgan fingerprint density at radius 1 is 1.50 bits per heavy atom. The highest BCUT2D eigenvalue weighted by Gasteiger charge is 2.10. The van der Waals surface area contributed by atoms with E-state index in [-0.39, 0.29) is 12.5 Å². The first kappa shape index (κ1) is 13.8. The molecular weight excluding hydrogens is 256 g/mol. The fourth-order valence-electron chi connectivity index (χ4n) is 1.69. The van der Waals surface area contributed by atoms with Crippen molar-refractivity contribution < 1.29 is 9.90 Å². The summed E-state index contributed by atoms with van der Waals surface area (Å²) < 4.78 is 1.63. The number of pyridine rings is 1. The lowest BCUT2D eigenvalue weighted by molar-refractivity contribution is 0.102. The molecule has 0 saturated carbocycles. The number of hydrogen-bond acceptors (Lipinski definition) is 4. The standard InChI is InChI=1S/C14H14N4O2/c1-10-13(9-18(2)17-10)16-14(20)12-6-11(4-3-5-19)7-15-8-12/h6-9,19H,5H2,1-2H3,(H,16,20). The number of aliphatic hydroxyl groups excluding tert-OH is 1. The van der Waals surface area contributed by atoms with E-state index < -0.39 is 0 Å². The van der Waals surface area contributed by atoms with E-state index in [0.29, 0.717) is 16.8 Å². The predicted octanol–water partition coefficient (Wildman–Crippen LogP) is 0.720. The lowest BCUT2D eigenvalue weighted by Crippen LogP contribution is -2.12. The number of aliphatic hydroxyl groups is 1. The van der Waals surface area contributed by atoms with Gasteiger partial charge in [0.1, 0.15) is 6.61 Å². The Morgan fingerprint density at radius 2 is 2.30 bits per heavy atom. The summed E-state index contributed by atoms with van der Waals surface area (Å²) in [4.78, 5) is 16.1. The first-order chi connectivity index (χ1) is 9.60. The number of aryl methyl sites for hydroxylation is 2. The molecule has 0 spiro atoms. The Kier molecular flexibility index (Phi) is 4.13. The minimum absolute atomic E-state index is 0.231. The van der Waals surface area contributed by atoms with Crippen molar-refractivity contribution in [3.05, 3.63) is 41.5 Å². The highest BCUT2D eigenvalue weighted by molar-refractivity contribution is 6.04. The topological polar surface area (TPSA) is 80.0 Å². The number of aromatic nitrogens is 3. The van der Waals surface area contributed by atoms with Crippen LogP contribution in [0.5, 0.6) is 0 Å². The molecule has 6 nitrogen and oxygen atoms in total. The van der Waals surface area contributed by atoms with Gasteiger partial charge in [-0.2, -0.15) is 5.10 Å². The SMILES string of the molecule is Cc1nn(C)cc1NC(=O)c1cncc(C#CCO)c1. The maximum Gasteiger partial charge on any atom is 0.257 e. The van der Waals surface area contributed by atoms with Crippen LogP contribution in [0.2, 0.25) is 0 Å². The summed E-state index contributed by atoms with van der Waals surface area (Å²) in [6.07, 6.45) is 4.73. The molecule has 0 aliphatic rings. The van der Waals surface area contributed by atoms with E-state index in [4.69, 9.17) is 5.11 Å². The van der Waals surface area contributed by atoms with Crippen LogP contribution in [0.15, 0.2) is 24.7 Å². The van der Waals surface area contributed by atoms with Crippen molar-refractivity contribution in [2.24, 2.45) is 7.05 Å². The zero-order valence-corrected chi connectivity index (χ0v) is 11.2. The smallest absolute Gasteiger partial charge is 0.257 e. The van der Waals surface area contributed by atoms with Crippen LogP contribution in [0.3, 0.4) is 0 Å². The third kappa shape index (κ3) is 3.22. The van der Waals surface area contributed by atoms with Crippen molar-refractivity contribution in [1.29, 1.82) is 0 Å². The lowest BCUT2D eigenvalue weighted by atomic mass is 10.2. The van der Waals surface area contributed by atoms with E-state index in [0.717, 1.165) is 5.69 Å². The second-order valence-corrected chi connectivity index (χ2v) is 4.18. The minimum Gasteiger partial charge on any atom is -0.384 e. The molecule has 2 N–H and O–H groups in total. The molecule has 2 aromatic heterocycles. The van der Waals surface area contributed by atoms with E-state index in [1.54, 1.807) is 24.0 Å². The molecular formula is C14H14N4O2. The first-order valence-corrected chi connectivity index (χ1v) is 5.96. The molecule has 0 aliphatic carbocycles. The van der Waals surface area contributed by atoms with Gasteiger partial charge in [-0.25, -0.2) is 0 Å². The molecule has 2 heterocycles. The van der Waals surface area contributed by atoms with E-state index in [2.05, 4.69) is 27.2 Å². The Morgan fingerprint density at radius 3 is 2.95 bits per heavy atom. The fourth-order valence-corrected chi connectivity index (χ4v) is 1.69. The molecule has 20 heavy (non-hydrogen) atoms. The number of hydrogen-bond donors (Lipinski definition) is 2. The van der Waals surface area contributed by atoms with Gasteiger partial charge in [-0.05, 0) is 13.0 Å². The van der Waals surface area contributed by atoms with Crippen molar-refractivity contribution in [3.8, 4) is 11.8 Å². The summed E-state index contributed by atoms with van der Waals surface area (Å²) in [6, 6.07) is 1.62. The highest BCUT2D eigenvalue weighted by atomic mass is 16.2. The van der Waals surface area contributed by atoms with Crippen LogP contribution in [0.25, 0.3) is 0 Å². The largest absolute Gasteiger partial charge is 0.384 e. The van der Waals surface area contributed by atoms with Gasteiger partial charge in [-0.15, -0.1) is 0 Å². The van der Waals surface area contributed by atoms with Gasteiger partial charge in [0, 0.05) is 31.2 Å². The van der Waals surface area contributed by atoms with E-state index in [1.165, 1.54) is 12.4 Å². The molecule has 102 valence electrons. The number of amides is 1. The van der Waals surface area contributed by atoms with Crippen molar-refractivity contribution in [2.75, 3.05) is 11.9 Å². The number of carbonyl (C=O) groups is 1. The second kappa shape index (κ2) is 5.99. The zero-order chi connectivity index (χ0) is 14.5. The first-order valence-electron chi connectivity index (χ1n) is 5.96. The van der Waals surface area contributed by atoms with Crippen molar-refractivity contribution >= 4 is 11.6 Å². The van der Waals surface area contributed by atoms with Gasteiger partial charge in [-0.1, -0.05) is 11.8 Å². The predicted molar refractivity (Wildman–Crippen MR) is 74.1 cm³/mol. The summed E-state index contributed by atoms with van der Waals surface area (Å²) in [7, 11) is 1.79. The van der Waals surface area contributed by atoms with Crippen LogP contribution < -0.4 is 5.32 Å². The molecule has 1 amide bonds. The Labute approximate surface area is 116 Å². The maximum atomic E-state index is 12.1. The average molecular weight is 270 g/mol. The van der Waals surface area contributed by atoms with Gasteiger partial charge in [0.25, 0.3) is 5.91 Å². The molecule has 0 fully saturated rings. The average Bonchev–Trinajstić information content (AvgIpc) is 2.75. The van der Waals surface area contributed by atoms with Crippen molar-refractivity contribution in [3.63, 3.8) is 0 Å². The fraction of sp³-hybridized carbons (Fsp3) is 0.214. The van der Waals surface area contributed by atoms with Gasteiger partial charge in [-0.3, -0.25) is 14.5 Å². The van der Waals surface area contributed by atoms with Crippen LogP contribution in [0.1, 0.15) is 21.6 Å². The summed E-state index contributed by atoms with van der Waals surface area (Å²) in [5, 5.41) is 15.6. The summed E-state index contributed by atoms with van der Waals surface area (Å²) in [5.74, 6) is 4.95. The molecule has 0 saturated heterocycles. The molecule has 0 unspecified atom stereocenters.